The summed E-state index contributed by atoms with van der Waals surface area (Å²) in [6, 6.07) is 5.69. The molecule has 1 aromatic carbocycles. The molecule has 1 saturated carbocycles. The van der Waals surface area contributed by atoms with E-state index < -0.39 is 11.7 Å². The van der Waals surface area contributed by atoms with E-state index in [1.165, 1.54) is 19.2 Å². The molecule has 9 heteroatoms. The van der Waals surface area contributed by atoms with Crippen molar-refractivity contribution in [2.45, 2.75) is 50.7 Å². The second-order valence-corrected chi connectivity index (χ2v) is 8.62. The van der Waals surface area contributed by atoms with E-state index in [4.69, 9.17) is 10.00 Å². The van der Waals surface area contributed by atoms with Crippen LogP contribution in [0.15, 0.2) is 18.2 Å². The molecule has 0 radical (unpaired) electrons. The molecule has 0 atom stereocenters. The highest BCUT2D eigenvalue weighted by Crippen LogP contribution is 2.37. The Labute approximate surface area is 187 Å². The number of nitrogens with zero attached hydrogens (tertiary/aromatic N) is 3. The van der Waals surface area contributed by atoms with Crippen LogP contribution in [-0.2, 0) is 11.0 Å². The number of carbonyl (C=O) groups excluding carboxylic acids is 1. The first-order valence-corrected chi connectivity index (χ1v) is 11.2. The minimum absolute atomic E-state index is 0.0850. The molecule has 2 aliphatic rings. The largest absolute Gasteiger partial charge is 0.495 e. The first kappa shape index (κ1) is 24.2. The van der Waals surface area contributed by atoms with Crippen molar-refractivity contribution >= 4 is 11.6 Å². The minimum atomic E-state index is -4.37. The Bertz CT molecular complexity index is 808. The van der Waals surface area contributed by atoms with Gasteiger partial charge in [-0.2, -0.15) is 18.4 Å². The smallest absolute Gasteiger partial charge is 0.416 e. The molecule has 0 spiro atoms. The number of nitriles is 1. The predicted molar refractivity (Wildman–Crippen MR) is 115 cm³/mol. The van der Waals surface area contributed by atoms with E-state index in [0.717, 1.165) is 57.8 Å². The molecule has 3 rings (SSSR count). The van der Waals surface area contributed by atoms with Gasteiger partial charge in [-0.3, -0.25) is 9.69 Å². The molecule has 176 valence electrons. The van der Waals surface area contributed by atoms with Crippen molar-refractivity contribution in [1.29, 1.82) is 5.26 Å². The fraction of sp³-hybridized carbons (Fsp3) is 0.652. The van der Waals surface area contributed by atoms with Crippen molar-refractivity contribution in [3.05, 3.63) is 23.8 Å². The molecule has 1 aliphatic carbocycles. The molecule has 2 fully saturated rings. The van der Waals surface area contributed by atoms with Crippen molar-refractivity contribution in [2.75, 3.05) is 44.7 Å². The van der Waals surface area contributed by atoms with Gasteiger partial charge in [0.15, 0.2) is 0 Å². The molecule has 32 heavy (non-hydrogen) atoms. The second-order valence-electron chi connectivity index (χ2n) is 8.62. The van der Waals surface area contributed by atoms with Gasteiger partial charge in [-0.15, -0.1) is 0 Å². The number of carbonyl (C=O) groups is 1. The highest BCUT2D eigenvalue weighted by molar-refractivity contribution is 5.78. The number of amides is 1. The maximum absolute atomic E-state index is 13.1. The third-order valence-corrected chi connectivity index (χ3v) is 6.52. The summed E-state index contributed by atoms with van der Waals surface area (Å²) in [7, 11) is 1.48. The predicted octanol–water partition coefficient (Wildman–Crippen LogP) is 3.81. The Morgan fingerprint density at radius 3 is 2.47 bits per heavy atom. The molecule has 0 aromatic heterocycles. The summed E-state index contributed by atoms with van der Waals surface area (Å²) < 4.78 is 44.7. The van der Waals surface area contributed by atoms with Gasteiger partial charge in [0.1, 0.15) is 12.2 Å². The van der Waals surface area contributed by atoms with Crippen LogP contribution < -0.4 is 15.0 Å². The van der Waals surface area contributed by atoms with Gasteiger partial charge in [0, 0.05) is 32.2 Å². The average molecular weight is 453 g/mol. The Morgan fingerprint density at radius 1 is 1.19 bits per heavy atom. The third-order valence-electron chi connectivity index (χ3n) is 6.52. The van der Waals surface area contributed by atoms with Crippen molar-refractivity contribution in [3.8, 4) is 11.8 Å². The van der Waals surface area contributed by atoms with Crippen LogP contribution in [0.5, 0.6) is 5.75 Å². The molecule has 0 bridgehead atoms. The lowest BCUT2D eigenvalue weighted by Crippen LogP contribution is -2.47. The van der Waals surface area contributed by atoms with Crippen molar-refractivity contribution in [1.82, 2.24) is 10.2 Å². The van der Waals surface area contributed by atoms with Crippen LogP contribution >= 0.6 is 0 Å². The first-order valence-electron chi connectivity index (χ1n) is 11.2. The van der Waals surface area contributed by atoms with Crippen LogP contribution in [0.25, 0.3) is 0 Å². The summed E-state index contributed by atoms with van der Waals surface area (Å²) in [4.78, 5) is 15.9. The van der Waals surface area contributed by atoms with E-state index in [-0.39, 0.29) is 18.4 Å². The van der Waals surface area contributed by atoms with Gasteiger partial charge in [-0.05, 0) is 62.8 Å². The molecule has 0 unspecified atom stereocenters. The number of anilines is 1. The number of hydrogen-bond acceptors (Lipinski definition) is 5. The SMILES string of the molecule is COc1ccc(C(F)(F)F)cc1N1CCN(CCC2CCC(NC(=O)CC#N)CC2)CC1. The summed E-state index contributed by atoms with van der Waals surface area (Å²) in [5, 5.41) is 11.5. The van der Waals surface area contributed by atoms with Gasteiger partial charge < -0.3 is 15.0 Å². The number of rotatable bonds is 7. The van der Waals surface area contributed by atoms with Gasteiger partial charge in [-0.25, -0.2) is 0 Å². The highest BCUT2D eigenvalue weighted by Gasteiger charge is 2.32. The molecule has 1 heterocycles. The van der Waals surface area contributed by atoms with E-state index in [1.807, 2.05) is 11.0 Å². The topological polar surface area (TPSA) is 68.6 Å². The Hall–Kier alpha value is -2.47. The van der Waals surface area contributed by atoms with E-state index in [9.17, 15) is 18.0 Å². The number of nitrogens with one attached hydrogen (secondary N) is 1. The standard InChI is InChI=1S/C23H31F3N4O2/c1-32-21-7-4-18(23(24,25)26)16-20(21)30-14-12-29(13-15-30)11-9-17-2-5-19(6-3-17)28-22(31)8-10-27/h4,7,16-17,19H,2-3,5-6,8-9,11-15H2,1H3,(H,28,31). The fourth-order valence-corrected chi connectivity index (χ4v) is 4.64. The number of methoxy groups -OCH3 is 1. The molecule has 1 aliphatic heterocycles. The van der Waals surface area contributed by atoms with E-state index in [0.29, 0.717) is 30.4 Å². The fourth-order valence-electron chi connectivity index (χ4n) is 4.64. The van der Waals surface area contributed by atoms with Gasteiger partial charge in [0.2, 0.25) is 5.91 Å². The lowest BCUT2D eigenvalue weighted by atomic mass is 9.84. The number of hydrogen-bond donors (Lipinski definition) is 1. The maximum atomic E-state index is 13.1. The summed E-state index contributed by atoms with van der Waals surface area (Å²) in [5.41, 5.74) is -0.158. The number of ether oxygens (including phenoxy) is 1. The van der Waals surface area contributed by atoms with Crippen LogP contribution in [0, 0.1) is 17.2 Å². The summed E-state index contributed by atoms with van der Waals surface area (Å²) in [6.07, 6.45) is 0.665. The van der Waals surface area contributed by atoms with Gasteiger partial charge >= 0.3 is 6.18 Å². The zero-order chi connectivity index (χ0) is 23.1. The molecular weight excluding hydrogens is 421 g/mol. The lowest BCUT2D eigenvalue weighted by molar-refractivity contribution is -0.137. The number of piperazine rings is 1. The van der Waals surface area contributed by atoms with Crippen molar-refractivity contribution in [2.24, 2.45) is 5.92 Å². The van der Waals surface area contributed by atoms with Crippen molar-refractivity contribution < 1.29 is 22.7 Å². The highest BCUT2D eigenvalue weighted by atomic mass is 19.4. The summed E-state index contributed by atoms with van der Waals surface area (Å²) in [6.45, 7) is 3.91. The van der Waals surface area contributed by atoms with E-state index in [1.54, 1.807) is 0 Å². The zero-order valence-corrected chi connectivity index (χ0v) is 18.5. The van der Waals surface area contributed by atoms with Crippen LogP contribution in [0.2, 0.25) is 0 Å². The van der Waals surface area contributed by atoms with Crippen LogP contribution in [0.4, 0.5) is 18.9 Å². The molecule has 1 aromatic rings. The van der Waals surface area contributed by atoms with Gasteiger partial charge in [0.25, 0.3) is 0 Å². The van der Waals surface area contributed by atoms with E-state index in [2.05, 4.69) is 10.2 Å². The maximum Gasteiger partial charge on any atom is 0.416 e. The first-order chi connectivity index (χ1) is 15.3. The van der Waals surface area contributed by atoms with Gasteiger partial charge in [-0.1, -0.05) is 0 Å². The molecule has 1 N–H and O–H groups in total. The second kappa shape index (κ2) is 10.9. The molecule has 6 nitrogen and oxygen atoms in total. The average Bonchev–Trinajstić information content (AvgIpc) is 2.78. The Morgan fingerprint density at radius 2 is 1.88 bits per heavy atom. The van der Waals surface area contributed by atoms with E-state index >= 15 is 0 Å². The van der Waals surface area contributed by atoms with Crippen molar-refractivity contribution in [3.63, 3.8) is 0 Å². The number of alkyl halides is 3. The number of benzene rings is 1. The normalized spacial score (nSPS) is 22.3. The molecule has 1 saturated heterocycles. The van der Waals surface area contributed by atoms with Crippen LogP contribution in [-0.4, -0.2) is 56.7 Å². The van der Waals surface area contributed by atoms with Gasteiger partial charge in [0.05, 0.1) is 24.4 Å². The minimum Gasteiger partial charge on any atom is -0.495 e. The summed E-state index contributed by atoms with van der Waals surface area (Å²) >= 11 is 0. The Balaban J connectivity index is 1.43. The molecular formula is C23H31F3N4O2. The quantitative estimate of drug-likeness (QED) is 0.681. The summed E-state index contributed by atoms with van der Waals surface area (Å²) in [5.74, 6) is 0.900. The van der Waals surface area contributed by atoms with Crippen LogP contribution in [0.3, 0.4) is 0 Å². The zero-order valence-electron chi connectivity index (χ0n) is 18.5. The van der Waals surface area contributed by atoms with Crippen LogP contribution in [0.1, 0.15) is 44.1 Å². The monoisotopic (exact) mass is 452 g/mol. The lowest BCUT2D eigenvalue weighted by Gasteiger charge is -2.38. The Kier molecular flexibility index (Phi) is 8.24. The molecule has 1 amide bonds. The third kappa shape index (κ3) is 6.52. The number of halogens is 3.